The second kappa shape index (κ2) is 9.82. The van der Waals surface area contributed by atoms with Gasteiger partial charge in [0.2, 0.25) is 11.7 Å². The number of aryl methyl sites for hydroxylation is 1. The van der Waals surface area contributed by atoms with Crippen molar-refractivity contribution in [3.05, 3.63) is 63.1 Å². The lowest BCUT2D eigenvalue weighted by Gasteiger charge is -2.15. The number of methoxy groups -OCH3 is 3. The molecule has 2 aromatic carbocycles. The predicted molar refractivity (Wildman–Crippen MR) is 120 cm³/mol. The number of halogens is 1. The van der Waals surface area contributed by atoms with Gasteiger partial charge in [0.25, 0.3) is 0 Å². The molecule has 0 spiro atoms. The minimum atomic E-state index is -0.199. The number of carbonyl (C=O) groups excluding carboxylic acids is 1. The number of amides is 1. The highest BCUT2D eigenvalue weighted by molar-refractivity contribution is 7.15. The Morgan fingerprint density at radius 3 is 2.53 bits per heavy atom. The normalized spacial score (nSPS) is 10.6. The van der Waals surface area contributed by atoms with Crippen molar-refractivity contribution in [3.8, 4) is 17.2 Å². The van der Waals surface area contributed by atoms with Crippen LogP contribution in [0.25, 0.3) is 0 Å². The number of hydrogen-bond donors (Lipinski definition) is 1. The van der Waals surface area contributed by atoms with Crippen molar-refractivity contribution in [2.24, 2.45) is 0 Å². The Balaban J connectivity index is 1.70. The van der Waals surface area contributed by atoms with E-state index in [0.717, 1.165) is 21.0 Å². The molecule has 0 saturated carbocycles. The number of aromatic nitrogens is 1. The molecule has 1 N–H and O–H groups in total. The first kappa shape index (κ1) is 21.9. The Morgan fingerprint density at radius 2 is 1.83 bits per heavy atom. The Morgan fingerprint density at radius 1 is 1.07 bits per heavy atom. The zero-order valence-corrected chi connectivity index (χ0v) is 18.8. The van der Waals surface area contributed by atoms with Gasteiger partial charge in [-0.05, 0) is 24.1 Å². The average molecular weight is 447 g/mol. The van der Waals surface area contributed by atoms with Crippen LogP contribution in [0.1, 0.15) is 21.6 Å². The summed E-state index contributed by atoms with van der Waals surface area (Å²) in [5.74, 6) is 1.27. The smallest absolute Gasteiger partial charge is 0.230 e. The van der Waals surface area contributed by atoms with Crippen LogP contribution in [0, 0.1) is 6.92 Å². The van der Waals surface area contributed by atoms with Gasteiger partial charge in [-0.1, -0.05) is 35.9 Å². The second-order valence-corrected chi connectivity index (χ2v) is 8.07. The molecule has 0 aliphatic heterocycles. The summed E-state index contributed by atoms with van der Waals surface area (Å²) < 4.78 is 16.1. The summed E-state index contributed by atoms with van der Waals surface area (Å²) in [6.07, 6.45) is 2.54. The fourth-order valence-electron chi connectivity index (χ4n) is 3.12. The molecule has 1 heterocycles. The van der Waals surface area contributed by atoms with E-state index >= 15 is 0 Å². The van der Waals surface area contributed by atoms with Gasteiger partial charge in [0.05, 0.1) is 27.8 Å². The molecule has 0 fully saturated rings. The van der Waals surface area contributed by atoms with Gasteiger partial charge in [-0.3, -0.25) is 4.79 Å². The largest absolute Gasteiger partial charge is 0.493 e. The molecule has 0 aliphatic rings. The highest BCUT2D eigenvalue weighted by Crippen LogP contribution is 2.40. The molecule has 0 radical (unpaired) electrons. The Bertz CT molecular complexity index is 1050. The average Bonchev–Trinajstić information content (AvgIpc) is 3.17. The van der Waals surface area contributed by atoms with E-state index in [2.05, 4.69) is 10.3 Å². The van der Waals surface area contributed by atoms with Gasteiger partial charge in [-0.2, -0.15) is 0 Å². The third-order valence-electron chi connectivity index (χ3n) is 4.57. The van der Waals surface area contributed by atoms with E-state index < -0.39 is 0 Å². The van der Waals surface area contributed by atoms with Gasteiger partial charge in [0.15, 0.2) is 16.6 Å². The molecule has 1 amide bonds. The van der Waals surface area contributed by atoms with E-state index in [1.807, 2.05) is 25.1 Å². The minimum absolute atomic E-state index is 0.113. The molecule has 1 aromatic heterocycles. The van der Waals surface area contributed by atoms with Crippen molar-refractivity contribution in [2.45, 2.75) is 19.8 Å². The van der Waals surface area contributed by atoms with E-state index in [1.54, 1.807) is 25.4 Å². The summed E-state index contributed by atoms with van der Waals surface area (Å²) in [5.41, 5.74) is 2.76. The fourth-order valence-corrected chi connectivity index (χ4v) is 4.16. The zero-order valence-electron chi connectivity index (χ0n) is 17.2. The van der Waals surface area contributed by atoms with E-state index in [4.69, 9.17) is 25.8 Å². The van der Waals surface area contributed by atoms with Crippen LogP contribution >= 0.6 is 22.9 Å². The summed E-state index contributed by atoms with van der Waals surface area (Å²) in [6.45, 7) is 1.98. The predicted octanol–water partition coefficient (Wildman–Crippen LogP) is 4.90. The van der Waals surface area contributed by atoms with Crippen molar-refractivity contribution in [3.63, 3.8) is 0 Å². The molecule has 158 valence electrons. The standard InChI is InChI=1S/C22H23ClN2O4S/c1-13-6-5-7-14(19(13)23)10-16-12-24-22(30-16)25-18(26)11-15-8-9-17(27-2)21(29-4)20(15)28-3/h5-9,12H,10-11H2,1-4H3,(H,24,25,26). The van der Waals surface area contributed by atoms with E-state index in [1.165, 1.54) is 25.6 Å². The fraction of sp³-hybridized carbons (Fsp3) is 0.273. The van der Waals surface area contributed by atoms with Gasteiger partial charge in [-0.25, -0.2) is 4.98 Å². The first-order chi connectivity index (χ1) is 14.5. The van der Waals surface area contributed by atoms with Crippen LogP contribution in [-0.2, 0) is 17.6 Å². The molecular weight excluding hydrogens is 424 g/mol. The Kier molecular flexibility index (Phi) is 7.18. The number of anilines is 1. The van der Waals surface area contributed by atoms with Crippen LogP contribution in [0.3, 0.4) is 0 Å². The monoisotopic (exact) mass is 446 g/mol. The maximum atomic E-state index is 12.6. The highest BCUT2D eigenvalue weighted by Gasteiger charge is 2.18. The second-order valence-electron chi connectivity index (χ2n) is 6.57. The summed E-state index contributed by atoms with van der Waals surface area (Å²) in [7, 11) is 4.61. The number of rotatable bonds is 8. The topological polar surface area (TPSA) is 69.7 Å². The molecule has 3 rings (SSSR count). The Labute approximate surface area is 184 Å². The van der Waals surface area contributed by atoms with Crippen LogP contribution in [0.5, 0.6) is 17.2 Å². The summed E-state index contributed by atoms with van der Waals surface area (Å²) in [6, 6.07) is 9.49. The van der Waals surface area contributed by atoms with E-state index in [9.17, 15) is 4.79 Å². The first-order valence-corrected chi connectivity index (χ1v) is 10.4. The van der Waals surface area contributed by atoms with Crippen molar-refractivity contribution < 1.29 is 19.0 Å². The van der Waals surface area contributed by atoms with Gasteiger partial charge in [0.1, 0.15) is 0 Å². The summed E-state index contributed by atoms with van der Waals surface area (Å²) in [4.78, 5) is 17.9. The van der Waals surface area contributed by atoms with Gasteiger partial charge < -0.3 is 19.5 Å². The molecule has 6 nitrogen and oxygen atoms in total. The SMILES string of the molecule is COc1ccc(CC(=O)Nc2ncc(Cc3cccc(C)c3Cl)s2)c(OC)c1OC. The molecular formula is C22H23ClN2O4S. The molecule has 0 saturated heterocycles. The highest BCUT2D eigenvalue weighted by atomic mass is 35.5. The molecule has 0 atom stereocenters. The molecule has 0 aliphatic carbocycles. The number of ether oxygens (including phenoxy) is 3. The van der Waals surface area contributed by atoms with Crippen LogP contribution < -0.4 is 19.5 Å². The molecule has 0 unspecified atom stereocenters. The van der Waals surface area contributed by atoms with Crippen molar-refractivity contribution in [1.82, 2.24) is 4.98 Å². The van der Waals surface area contributed by atoms with Gasteiger partial charge >= 0.3 is 0 Å². The minimum Gasteiger partial charge on any atom is -0.493 e. The number of thiazole rings is 1. The molecule has 8 heteroatoms. The zero-order chi connectivity index (χ0) is 21.7. The number of nitrogens with one attached hydrogen (secondary N) is 1. The maximum Gasteiger partial charge on any atom is 0.230 e. The van der Waals surface area contributed by atoms with E-state index in [-0.39, 0.29) is 12.3 Å². The lowest BCUT2D eigenvalue weighted by atomic mass is 10.1. The molecule has 30 heavy (non-hydrogen) atoms. The van der Waals surface area contributed by atoms with Crippen molar-refractivity contribution >= 4 is 34.0 Å². The number of nitrogens with zero attached hydrogens (tertiary/aromatic N) is 1. The van der Waals surface area contributed by atoms with Gasteiger partial charge in [0, 0.05) is 28.1 Å². The van der Waals surface area contributed by atoms with Crippen LogP contribution in [0.15, 0.2) is 36.5 Å². The van der Waals surface area contributed by atoms with Crippen molar-refractivity contribution in [2.75, 3.05) is 26.6 Å². The number of hydrogen-bond acceptors (Lipinski definition) is 6. The number of benzene rings is 2. The first-order valence-electron chi connectivity index (χ1n) is 9.23. The summed E-state index contributed by atoms with van der Waals surface area (Å²) in [5, 5.41) is 4.15. The number of carbonyl (C=O) groups is 1. The lowest BCUT2D eigenvalue weighted by Crippen LogP contribution is -2.15. The van der Waals surface area contributed by atoms with Crippen LogP contribution in [0.4, 0.5) is 5.13 Å². The maximum absolute atomic E-state index is 12.6. The molecule has 0 bridgehead atoms. The van der Waals surface area contributed by atoms with E-state index in [0.29, 0.717) is 34.4 Å². The third-order valence-corrected chi connectivity index (χ3v) is 6.03. The van der Waals surface area contributed by atoms with Crippen LogP contribution in [-0.4, -0.2) is 32.2 Å². The van der Waals surface area contributed by atoms with Gasteiger partial charge in [-0.15, -0.1) is 11.3 Å². The van der Waals surface area contributed by atoms with Crippen molar-refractivity contribution in [1.29, 1.82) is 0 Å². The van der Waals surface area contributed by atoms with Crippen LogP contribution in [0.2, 0.25) is 5.02 Å². The third kappa shape index (κ3) is 4.86. The quantitative estimate of drug-likeness (QED) is 0.532. The Hall–Kier alpha value is -2.77. The summed E-state index contributed by atoms with van der Waals surface area (Å²) >= 11 is 7.81. The lowest BCUT2D eigenvalue weighted by molar-refractivity contribution is -0.115. The molecule has 3 aromatic rings.